The van der Waals surface area contributed by atoms with Gasteiger partial charge in [0.25, 0.3) is 0 Å². The Morgan fingerprint density at radius 2 is 1.68 bits per heavy atom. The quantitative estimate of drug-likeness (QED) is 0.502. The monoisotopic (exact) mass is 410 g/mol. The number of anilines is 1. The smallest absolute Gasteiger partial charge is 0.338 e. The molecule has 12 heteroatoms. The molecule has 0 saturated carbocycles. The first-order valence-electron chi connectivity index (χ1n) is 7.75. The zero-order valence-electron chi connectivity index (χ0n) is 15.2. The van der Waals surface area contributed by atoms with Crippen LogP contribution in [0.1, 0.15) is 15.9 Å². The van der Waals surface area contributed by atoms with Gasteiger partial charge in [-0.3, -0.25) is 5.32 Å². The van der Waals surface area contributed by atoms with E-state index in [4.69, 9.17) is 9.47 Å². The molecule has 0 radical (unpaired) electrons. The SMILES string of the molecule is COC(=O)c1ccccc1CN(C(=O)Nc1nc(OC)cc(OC)n1)[SH](=O)=O. The predicted octanol–water partition coefficient (Wildman–Crippen LogP) is 0.841. The van der Waals surface area contributed by atoms with Crippen molar-refractivity contribution in [3.8, 4) is 11.8 Å². The first kappa shape index (κ1) is 20.9. The number of ether oxygens (including phenoxy) is 3. The van der Waals surface area contributed by atoms with Crippen molar-refractivity contribution >= 4 is 28.8 Å². The van der Waals surface area contributed by atoms with Crippen LogP contribution >= 0.6 is 0 Å². The van der Waals surface area contributed by atoms with Crippen molar-refractivity contribution in [2.75, 3.05) is 26.6 Å². The minimum absolute atomic E-state index is 0.108. The number of nitrogens with one attached hydrogen (secondary N) is 1. The van der Waals surface area contributed by atoms with Gasteiger partial charge in [-0.15, -0.1) is 0 Å². The highest BCUT2D eigenvalue weighted by Gasteiger charge is 2.21. The molecule has 0 saturated heterocycles. The number of rotatable bonds is 7. The highest BCUT2D eigenvalue weighted by atomic mass is 32.2. The van der Waals surface area contributed by atoms with E-state index in [1.54, 1.807) is 12.1 Å². The Labute approximate surface area is 162 Å². The van der Waals surface area contributed by atoms with E-state index in [0.29, 0.717) is 4.31 Å². The van der Waals surface area contributed by atoms with E-state index in [2.05, 4.69) is 20.0 Å². The summed E-state index contributed by atoms with van der Waals surface area (Å²) >= 11 is 0. The lowest BCUT2D eigenvalue weighted by Crippen LogP contribution is -2.34. The molecule has 1 aromatic carbocycles. The van der Waals surface area contributed by atoms with E-state index in [0.717, 1.165) is 0 Å². The fourth-order valence-electron chi connectivity index (χ4n) is 2.16. The summed E-state index contributed by atoms with van der Waals surface area (Å²) in [6, 6.07) is 6.53. The molecule has 11 nitrogen and oxygen atoms in total. The molecule has 2 rings (SSSR count). The van der Waals surface area contributed by atoms with Gasteiger partial charge in [0.2, 0.25) is 28.6 Å². The van der Waals surface area contributed by atoms with Crippen LogP contribution < -0.4 is 14.8 Å². The van der Waals surface area contributed by atoms with Gasteiger partial charge in [-0.05, 0) is 11.6 Å². The van der Waals surface area contributed by atoms with Crippen molar-refractivity contribution in [3.63, 3.8) is 0 Å². The predicted molar refractivity (Wildman–Crippen MR) is 97.8 cm³/mol. The number of hydrogen-bond acceptors (Lipinski definition) is 9. The maximum Gasteiger partial charge on any atom is 0.338 e. The zero-order chi connectivity index (χ0) is 20.7. The van der Waals surface area contributed by atoms with Crippen molar-refractivity contribution < 1.29 is 32.2 Å². The fourth-order valence-corrected chi connectivity index (χ4v) is 2.63. The molecular formula is C16H18N4O7S. The van der Waals surface area contributed by atoms with Crippen molar-refractivity contribution in [1.29, 1.82) is 0 Å². The first-order chi connectivity index (χ1) is 13.4. The molecule has 150 valence electrons. The molecule has 0 unspecified atom stereocenters. The Balaban J connectivity index is 2.28. The maximum absolute atomic E-state index is 12.5. The Morgan fingerprint density at radius 1 is 1.07 bits per heavy atom. The van der Waals surface area contributed by atoms with Gasteiger partial charge in [-0.2, -0.15) is 9.97 Å². The van der Waals surface area contributed by atoms with Crippen LogP contribution in [0.4, 0.5) is 10.7 Å². The number of benzene rings is 1. The van der Waals surface area contributed by atoms with Crippen molar-refractivity contribution in [3.05, 3.63) is 41.5 Å². The van der Waals surface area contributed by atoms with Crippen LogP contribution in [-0.2, 0) is 22.2 Å². The Kier molecular flexibility index (Phi) is 7.09. The molecule has 2 aromatic rings. The highest BCUT2D eigenvalue weighted by molar-refractivity contribution is 7.70. The molecule has 0 aliphatic heterocycles. The molecule has 0 spiro atoms. The molecule has 0 bridgehead atoms. The molecule has 1 N–H and O–H groups in total. The third kappa shape index (κ3) is 5.07. The van der Waals surface area contributed by atoms with Gasteiger partial charge in [0.05, 0.1) is 39.5 Å². The van der Waals surface area contributed by atoms with E-state index in [1.165, 1.54) is 39.5 Å². The highest BCUT2D eigenvalue weighted by Crippen LogP contribution is 2.18. The minimum atomic E-state index is -3.33. The minimum Gasteiger partial charge on any atom is -0.481 e. The molecule has 2 amide bonds. The summed E-state index contributed by atoms with van der Waals surface area (Å²) in [5.74, 6) is -0.658. The van der Waals surface area contributed by atoms with Crippen LogP contribution in [-0.4, -0.2) is 56.0 Å². The summed E-state index contributed by atoms with van der Waals surface area (Å²) in [6.07, 6.45) is 0. The third-order valence-corrected chi connectivity index (χ3v) is 4.21. The number of urea groups is 1. The van der Waals surface area contributed by atoms with Crippen LogP contribution in [0.25, 0.3) is 0 Å². The second-order valence-corrected chi connectivity index (χ2v) is 6.11. The van der Waals surface area contributed by atoms with Crippen LogP contribution in [0, 0.1) is 0 Å². The van der Waals surface area contributed by atoms with Gasteiger partial charge in [-0.1, -0.05) is 18.2 Å². The average Bonchev–Trinajstić information content (AvgIpc) is 2.70. The second kappa shape index (κ2) is 9.50. The van der Waals surface area contributed by atoms with Gasteiger partial charge >= 0.3 is 12.0 Å². The Morgan fingerprint density at radius 3 is 2.21 bits per heavy atom. The van der Waals surface area contributed by atoms with Gasteiger partial charge in [0.15, 0.2) is 0 Å². The van der Waals surface area contributed by atoms with Crippen molar-refractivity contribution in [2.45, 2.75) is 6.54 Å². The van der Waals surface area contributed by atoms with Crippen LogP contribution in [0.15, 0.2) is 30.3 Å². The number of carbonyl (C=O) groups excluding carboxylic acids is 2. The standard InChI is InChI=1S/C16H18N4O7S/c1-25-12-8-13(26-2)18-15(17-12)19-16(22)20(28(23)24)9-10-6-4-5-7-11(10)14(21)27-3/h4-8,28H,9H2,1-3H3,(H,17,18,19,22). The van der Waals surface area contributed by atoms with E-state index < -0.39 is 29.4 Å². The van der Waals surface area contributed by atoms with Gasteiger partial charge < -0.3 is 14.2 Å². The largest absolute Gasteiger partial charge is 0.481 e. The summed E-state index contributed by atoms with van der Waals surface area (Å²) in [7, 11) is 0.587. The van der Waals surface area contributed by atoms with Crippen LogP contribution in [0.5, 0.6) is 11.8 Å². The number of amides is 2. The molecule has 0 aliphatic rings. The normalized spacial score (nSPS) is 10.3. The average molecular weight is 410 g/mol. The molecule has 1 aromatic heterocycles. The first-order valence-corrected chi connectivity index (χ1v) is 8.88. The third-order valence-electron chi connectivity index (χ3n) is 3.49. The Bertz CT molecular complexity index is 918. The second-order valence-electron chi connectivity index (χ2n) is 5.15. The summed E-state index contributed by atoms with van der Waals surface area (Å²) in [5, 5.41) is 2.26. The molecule has 1 heterocycles. The number of hydrogen-bond donors (Lipinski definition) is 2. The number of aromatic nitrogens is 2. The summed E-state index contributed by atoms with van der Waals surface area (Å²) in [4.78, 5) is 32.1. The number of esters is 1. The van der Waals surface area contributed by atoms with Gasteiger partial charge in [0.1, 0.15) is 0 Å². The topological polar surface area (TPSA) is 137 Å². The molecule has 0 atom stereocenters. The van der Waals surface area contributed by atoms with E-state index >= 15 is 0 Å². The lowest BCUT2D eigenvalue weighted by atomic mass is 10.1. The van der Waals surface area contributed by atoms with Gasteiger partial charge in [0, 0.05) is 0 Å². The summed E-state index contributed by atoms with van der Waals surface area (Å²) in [5.41, 5.74) is 0.423. The number of methoxy groups -OCH3 is 3. The fraction of sp³-hybridized carbons (Fsp3) is 0.250. The molecule has 0 aliphatic carbocycles. The van der Waals surface area contributed by atoms with E-state index in [-0.39, 0.29) is 28.8 Å². The molecular weight excluding hydrogens is 392 g/mol. The lowest BCUT2D eigenvalue weighted by molar-refractivity contribution is 0.0598. The number of nitrogens with zero attached hydrogens (tertiary/aromatic N) is 3. The van der Waals surface area contributed by atoms with Crippen LogP contribution in [0.3, 0.4) is 0 Å². The lowest BCUT2D eigenvalue weighted by Gasteiger charge is -2.17. The summed E-state index contributed by atoms with van der Waals surface area (Å²) < 4.78 is 38.4. The number of carbonyl (C=O) groups is 2. The maximum atomic E-state index is 12.5. The molecule has 28 heavy (non-hydrogen) atoms. The van der Waals surface area contributed by atoms with Crippen molar-refractivity contribution in [1.82, 2.24) is 14.3 Å². The van der Waals surface area contributed by atoms with E-state index in [9.17, 15) is 18.0 Å². The summed E-state index contributed by atoms with van der Waals surface area (Å²) in [6.45, 7) is -0.392. The van der Waals surface area contributed by atoms with E-state index in [1.807, 2.05) is 0 Å². The number of thiol groups is 1. The molecule has 0 fully saturated rings. The van der Waals surface area contributed by atoms with Gasteiger partial charge in [-0.25, -0.2) is 22.3 Å². The van der Waals surface area contributed by atoms with Crippen LogP contribution in [0.2, 0.25) is 0 Å². The Hall–Kier alpha value is -3.41. The zero-order valence-corrected chi connectivity index (χ0v) is 16.1. The van der Waals surface area contributed by atoms with Crippen molar-refractivity contribution in [2.24, 2.45) is 0 Å².